The molecule has 4 aromatic rings. The lowest BCUT2D eigenvalue weighted by atomic mass is 10.0. The highest BCUT2D eigenvalue weighted by Gasteiger charge is 2.15. The number of nitriles is 1. The first kappa shape index (κ1) is 20.6. The Morgan fingerprint density at radius 3 is 2.68 bits per heavy atom. The topological polar surface area (TPSA) is 123 Å². The minimum atomic E-state index is -2.39. The van der Waals surface area contributed by atoms with Crippen molar-refractivity contribution in [3.63, 3.8) is 0 Å². The lowest BCUT2D eigenvalue weighted by Gasteiger charge is -2.16. The van der Waals surface area contributed by atoms with Crippen LogP contribution in [-0.2, 0) is 24.9 Å². The Kier molecular flexibility index (Phi) is 5.68. The van der Waals surface area contributed by atoms with Crippen LogP contribution in [0.5, 0.6) is 11.5 Å². The van der Waals surface area contributed by atoms with Gasteiger partial charge in [0.25, 0.3) is 5.56 Å². The Morgan fingerprint density at radius 1 is 1.19 bits per heavy atom. The average Bonchev–Trinajstić information content (AvgIpc) is 3.26. The molecule has 0 radical (unpaired) electrons. The summed E-state index contributed by atoms with van der Waals surface area (Å²) in [5, 5.41) is 9.72. The van der Waals surface area contributed by atoms with Crippen molar-refractivity contribution >= 4 is 22.2 Å². The molecule has 1 unspecified atom stereocenters. The number of nitrogens with one attached hydrogen (secondary N) is 2. The van der Waals surface area contributed by atoms with E-state index in [1.807, 2.05) is 12.1 Å². The number of benzene rings is 2. The number of aromatic nitrogens is 2. The molecule has 1 atom stereocenters. The van der Waals surface area contributed by atoms with Crippen molar-refractivity contribution in [1.29, 1.82) is 5.26 Å². The molecule has 156 valence electrons. The van der Waals surface area contributed by atoms with Crippen LogP contribution in [0.3, 0.4) is 0 Å². The van der Waals surface area contributed by atoms with Gasteiger partial charge in [-0.15, -0.1) is 0 Å². The standard InChI is InChI=1S/C22H18N4O4S/c1-26-13-19(17-8-9-24-21(17)22(26)27)18-10-15(12-25-31(28)29)4-7-20(18)30-16-5-2-14(11-23)3-6-16/h2-10,13,24-25H,12H2,1H3,(H,28,29)/p-1. The van der Waals surface area contributed by atoms with Crippen LogP contribution in [0.1, 0.15) is 11.1 Å². The molecule has 2 heterocycles. The number of ether oxygens (including phenoxy) is 1. The van der Waals surface area contributed by atoms with E-state index in [1.54, 1.807) is 55.8 Å². The Bertz CT molecular complexity index is 1380. The molecule has 0 fully saturated rings. The van der Waals surface area contributed by atoms with Gasteiger partial charge in [-0.3, -0.25) is 9.00 Å². The molecule has 0 amide bonds. The van der Waals surface area contributed by atoms with Crippen LogP contribution in [0.2, 0.25) is 0 Å². The summed E-state index contributed by atoms with van der Waals surface area (Å²) in [6, 6.07) is 15.9. The van der Waals surface area contributed by atoms with Crippen molar-refractivity contribution in [3.8, 4) is 28.7 Å². The van der Waals surface area contributed by atoms with Crippen molar-refractivity contribution in [1.82, 2.24) is 14.3 Å². The maximum absolute atomic E-state index is 12.4. The molecule has 0 aliphatic rings. The van der Waals surface area contributed by atoms with Crippen LogP contribution in [-0.4, -0.2) is 18.3 Å². The third-order valence-electron chi connectivity index (χ3n) is 4.83. The summed E-state index contributed by atoms with van der Waals surface area (Å²) in [6.07, 6.45) is 3.42. The Labute approximate surface area is 180 Å². The van der Waals surface area contributed by atoms with E-state index in [2.05, 4.69) is 15.8 Å². The summed E-state index contributed by atoms with van der Waals surface area (Å²) in [4.78, 5) is 15.4. The number of fused-ring (bicyclic) bond motifs is 1. The quantitative estimate of drug-likeness (QED) is 0.452. The smallest absolute Gasteiger partial charge is 0.274 e. The highest BCUT2D eigenvalue weighted by atomic mass is 32.2. The van der Waals surface area contributed by atoms with E-state index in [0.29, 0.717) is 28.1 Å². The minimum absolute atomic E-state index is 0.113. The number of H-pyrrole nitrogens is 1. The minimum Gasteiger partial charge on any atom is -0.760 e. The zero-order valence-electron chi connectivity index (χ0n) is 16.4. The zero-order chi connectivity index (χ0) is 22.0. The molecular weight excluding hydrogens is 416 g/mol. The van der Waals surface area contributed by atoms with Crippen LogP contribution in [0, 0.1) is 11.3 Å². The number of nitrogens with zero attached hydrogens (tertiary/aromatic N) is 2. The Morgan fingerprint density at radius 2 is 1.97 bits per heavy atom. The number of aryl methyl sites for hydroxylation is 1. The van der Waals surface area contributed by atoms with Gasteiger partial charge in [-0.1, -0.05) is 6.07 Å². The van der Waals surface area contributed by atoms with Crippen LogP contribution >= 0.6 is 0 Å². The van der Waals surface area contributed by atoms with Gasteiger partial charge in [-0.05, 0) is 48.0 Å². The van der Waals surface area contributed by atoms with Gasteiger partial charge in [0.2, 0.25) is 0 Å². The van der Waals surface area contributed by atoms with Crippen molar-refractivity contribution in [2.45, 2.75) is 6.54 Å². The fourth-order valence-electron chi connectivity index (χ4n) is 3.34. The van der Waals surface area contributed by atoms with E-state index in [1.165, 1.54) is 4.57 Å². The predicted molar refractivity (Wildman–Crippen MR) is 116 cm³/mol. The van der Waals surface area contributed by atoms with Crippen molar-refractivity contribution in [2.75, 3.05) is 0 Å². The Balaban J connectivity index is 1.85. The van der Waals surface area contributed by atoms with Gasteiger partial charge in [-0.2, -0.15) is 5.26 Å². The molecule has 0 saturated heterocycles. The van der Waals surface area contributed by atoms with E-state index >= 15 is 0 Å². The normalized spacial score (nSPS) is 11.9. The van der Waals surface area contributed by atoms with Crippen molar-refractivity contribution in [3.05, 3.63) is 82.4 Å². The summed E-state index contributed by atoms with van der Waals surface area (Å²) in [7, 11) is 1.67. The molecule has 31 heavy (non-hydrogen) atoms. The lowest BCUT2D eigenvalue weighted by molar-refractivity contribution is 0.484. The second-order valence-electron chi connectivity index (χ2n) is 6.85. The molecule has 4 rings (SSSR count). The maximum Gasteiger partial charge on any atom is 0.274 e. The van der Waals surface area contributed by atoms with Crippen molar-refractivity contribution in [2.24, 2.45) is 7.05 Å². The Hall–Kier alpha value is -3.71. The fraction of sp³-hybridized carbons (Fsp3) is 0.0909. The van der Waals surface area contributed by atoms with E-state index < -0.39 is 11.3 Å². The molecule has 0 bridgehead atoms. The third-order valence-corrected chi connectivity index (χ3v) is 5.21. The molecule has 0 saturated carbocycles. The van der Waals surface area contributed by atoms with Gasteiger partial charge in [-0.25, -0.2) is 4.72 Å². The van der Waals surface area contributed by atoms with E-state index in [0.717, 1.165) is 16.5 Å². The van der Waals surface area contributed by atoms with Crippen LogP contribution in [0.25, 0.3) is 22.0 Å². The largest absolute Gasteiger partial charge is 0.760 e. The van der Waals surface area contributed by atoms with E-state index in [9.17, 15) is 13.6 Å². The SMILES string of the molecule is Cn1cc(-c2cc(CNS(=O)[O-])ccc2Oc2ccc(C#N)cc2)c2cc[nH]c2c1=O. The molecule has 9 heteroatoms. The van der Waals surface area contributed by atoms with Gasteiger partial charge < -0.3 is 18.8 Å². The first-order chi connectivity index (χ1) is 15.0. The van der Waals surface area contributed by atoms with E-state index in [4.69, 9.17) is 10.00 Å². The summed E-state index contributed by atoms with van der Waals surface area (Å²) >= 11 is -2.39. The first-order valence-electron chi connectivity index (χ1n) is 9.27. The summed E-state index contributed by atoms with van der Waals surface area (Å²) < 4.78 is 31.8. The van der Waals surface area contributed by atoms with Gasteiger partial charge in [0.15, 0.2) is 0 Å². The van der Waals surface area contributed by atoms with Crippen LogP contribution in [0.15, 0.2) is 65.7 Å². The number of hydrogen-bond acceptors (Lipinski definition) is 5. The highest BCUT2D eigenvalue weighted by Crippen LogP contribution is 2.37. The summed E-state index contributed by atoms with van der Waals surface area (Å²) in [5.74, 6) is 1.07. The molecule has 2 aromatic carbocycles. The molecule has 2 aromatic heterocycles. The number of aromatic amines is 1. The predicted octanol–water partition coefficient (Wildman–Crippen LogP) is 3.08. The van der Waals surface area contributed by atoms with Gasteiger partial charge in [0.1, 0.15) is 17.0 Å². The molecular formula is C22H17N4O4S-. The second kappa shape index (κ2) is 8.57. The van der Waals surface area contributed by atoms with Crippen LogP contribution < -0.4 is 15.0 Å². The van der Waals surface area contributed by atoms with Gasteiger partial charge in [0, 0.05) is 53.8 Å². The number of rotatable bonds is 6. The van der Waals surface area contributed by atoms with E-state index in [-0.39, 0.29) is 12.1 Å². The summed E-state index contributed by atoms with van der Waals surface area (Å²) in [5.41, 5.74) is 3.01. The lowest BCUT2D eigenvalue weighted by Crippen LogP contribution is -2.17. The number of hydrogen-bond donors (Lipinski definition) is 2. The first-order valence-corrected chi connectivity index (χ1v) is 10.3. The van der Waals surface area contributed by atoms with Crippen LogP contribution in [0.4, 0.5) is 0 Å². The molecule has 0 aliphatic heterocycles. The number of pyridine rings is 1. The average molecular weight is 433 g/mol. The van der Waals surface area contributed by atoms with Gasteiger partial charge >= 0.3 is 0 Å². The zero-order valence-corrected chi connectivity index (χ0v) is 17.2. The van der Waals surface area contributed by atoms with Crippen molar-refractivity contribution < 1.29 is 13.5 Å². The van der Waals surface area contributed by atoms with Gasteiger partial charge in [0.05, 0.1) is 11.6 Å². The summed E-state index contributed by atoms with van der Waals surface area (Å²) in [6.45, 7) is 0.113. The second-order valence-corrected chi connectivity index (χ2v) is 7.61. The highest BCUT2D eigenvalue weighted by molar-refractivity contribution is 7.77. The molecule has 8 nitrogen and oxygen atoms in total. The maximum atomic E-state index is 12.4. The molecule has 0 spiro atoms. The monoisotopic (exact) mass is 433 g/mol. The fourth-order valence-corrected chi connectivity index (χ4v) is 3.62. The molecule has 0 aliphatic carbocycles. The third kappa shape index (κ3) is 4.27. The molecule has 2 N–H and O–H groups in total.